The van der Waals surface area contributed by atoms with E-state index < -0.39 is 0 Å². The topological polar surface area (TPSA) is 20.3 Å². The lowest BCUT2D eigenvalue weighted by Crippen LogP contribution is -2.43. The van der Waals surface area contributed by atoms with E-state index in [1.807, 2.05) is 12.1 Å². The average Bonchev–Trinajstić information content (AvgIpc) is 2.86. The highest BCUT2D eigenvalue weighted by Gasteiger charge is 2.36. The van der Waals surface area contributed by atoms with Gasteiger partial charge in [0.05, 0.1) is 0 Å². The van der Waals surface area contributed by atoms with Crippen LogP contribution in [0, 0.1) is 5.92 Å². The number of ketones is 1. The van der Waals surface area contributed by atoms with Crippen LogP contribution in [0.15, 0.2) is 22.7 Å². The molecule has 0 aromatic heterocycles. The highest BCUT2D eigenvalue weighted by Crippen LogP contribution is 2.40. The van der Waals surface area contributed by atoms with Crippen molar-refractivity contribution in [2.24, 2.45) is 5.92 Å². The number of piperidine rings is 1. The number of hydrogen-bond donors (Lipinski definition) is 0. The molecular weight excluding hydrogens is 302 g/mol. The third-order valence-electron chi connectivity index (χ3n) is 4.64. The van der Waals surface area contributed by atoms with Gasteiger partial charge in [-0.2, -0.15) is 0 Å². The Hall–Kier alpha value is -0.830. The first kappa shape index (κ1) is 13.2. The molecule has 102 valence electrons. The summed E-state index contributed by atoms with van der Waals surface area (Å²) in [5.74, 6) is 1.01. The largest absolute Gasteiger partial charge is 0.368 e. The van der Waals surface area contributed by atoms with Gasteiger partial charge < -0.3 is 4.90 Å². The predicted octanol–water partition coefficient (Wildman–Crippen LogP) is 4.42. The molecule has 1 aliphatic carbocycles. The monoisotopic (exact) mass is 321 g/mol. The zero-order valence-corrected chi connectivity index (χ0v) is 12.9. The fourth-order valence-corrected chi connectivity index (χ4v) is 4.14. The van der Waals surface area contributed by atoms with E-state index in [4.69, 9.17) is 0 Å². The maximum Gasteiger partial charge on any atom is 0.161 e. The van der Waals surface area contributed by atoms with E-state index >= 15 is 0 Å². The Labute approximate surface area is 123 Å². The van der Waals surface area contributed by atoms with Gasteiger partial charge in [-0.15, -0.1) is 0 Å². The van der Waals surface area contributed by atoms with Crippen molar-refractivity contribution < 1.29 is 4.79 Å². The number of fused-ring (bicyclic) bond motifs is 1. The van der Waals surface area contributed by atoms with E-state index in [0.29, 0.717) is 6.04 Å². The summed E-state index contributed by atoms with van der Waals surface area (Å²) in [5.41, 5.74) is 2.01. The smallest absolute Gasteiger partial charge is 0.161 e. The fourth-order valence-electron chi connectivity index (χ4n) is 3.79. The summed E-state index contributed by atoms with van der Waals surface area (Å²) in [5, 5.41) is 0. The Balaban J connectivity index is 2.00. The van der Waals surface area contributed by atoms with Crippen molar-refractivity contribution in [3.63, 3.8) is 0 Å². The van der Waals surface area contributed by atoms with Gasteiger partial charge in [-0.3, -0.25) is 4.79 Å². The van der Waals surface area contributed by atoms with E-state index in [1.54, 1.807) is 6.92 Å². The van der Waals surface area contributed by atoms with Gasteiger partial charge in [0, 0.05) is 28.3 Å². The summed E-state index contributed by atoms with van der Waals surface area (Å²) in [6.07, 6.45) is 6.62. The minimum absolute atomic E-state index is 0.169. The molecular formula is C16H20BrNO. The molecule has 1 saturated heterocycles. The average molecular weight is 322 g/mol. The number of nitrogens with zero attached hydrogens (tertiary/aromatic N) is 1. The number of benzene rings is 1. The molecule has 0 radical (unpaired) electrons. The van der Waals surface area contributed by atoms with Crippen LogP contribution < -0.4 is 4.90 Å². The lowest BCUT2D eigenvalue weighted by molar-refractivity contribution is 0.101. The molecule has 0 bridgehead atoms. The predicted molar refractivity (Wildman–Crippen MR) is 81.9 cm³/mol. The zero-order chi connectivity index (χ0) is 13.4. The normalized spacial score (nSPS) is 26.3. The van der Waals surface area contributed by atoms with Crippen molar-refractivity contribution in [1.82, 2.24) is 0 Å². The van der Waals surface area contributed by atoms with Gasteiger partial charge in [-0.25, -0.2) is 0 Å². The van der Waals surface area contributed by atoms with Crippen LogP contribution in [0.5, 0.6) is 0 Å². The molecule has 3 rings (SSSR count). The lowest BCUT2D eigenvalue weighted by Gasteiger charge is -2.40. The number of halogens is 1. The van der Waals surface area contributed by atoms with E-state index in [0.717, 1.165) is 28.2 Å². The van der Waals surface area contributed by atoms with E-state index in [9.17, 15) is 4.79 Å². The number of Topliss-reactive ketones (excluding diaryl/α,β-unsaturated/α-hetero) is 1. The number of carbonyl (C=O) groups excluding carboxylic acids is 1. The molecule has 19 heavy (non-hydrogen) atoms. The van der Waals surface area contributed by atoms with Crippen molar-refractivity contribution >= 4 is 27.4 Å². The second kappa shape index (κ2) is 5.28. The number of carbonyl (C=O) groups is 1. The molecule has 0 amide bonds. The second-order valence-electron chi connectivity index (χ2n) is 5.81. The zero-order valence-electron chi connectivity index (χ0n) is 11.4. The van der Waals surface area contributed by atoms with Crippen LogP contribution in [0.4, 0.5) is 5.69 Å². The quantitative estimate of drug-likeness (QED) is 0.751. The molecule has 3 heteroatoms. The molecule has 2 fully saturated rings. The Morgan fingerprint density at radius 1 is 1.26 bits per heavy atom. The molecule has 1 saturated carbocycles. The molecule has 1 aromatic carbocycles. The molecule has 2 aliphatic rings. The number of anilines is 1. The van der Waals surface area contributed by atoms with Crippen LogP contribution in [0.3, 0.4) is 0 Å². The Kier molecular flexibility index (Phi) is 3.66. The van der Waals surface area contributed by atoms with Gasteiger partial charge in [0.25, 0.3) is 0 Å². The number of hydrogen-bond acceptors (Lipinski definition) is 2. The lowest BCUT2D eigenvalue weighted by atomic mass is 9.90. The van der Waals surface area contributed by atoms with Gasteiger partial charge in [-0.05, 0) is 56.7 Å². The van der Waals surface area contributed by atoms with E-state index in [2.05, 4.69) is 26.9 Å². The molecule has 0 N–H and O–H groups in total. The maximum absolute atomic E-state index is 11.9. The van der Waals surface area contributed by atoms with E-state index in [1.165, 1.54) is 32.1 Å². The van der Waals surface area contributed by atoms with Gasteiger partial charge in [0.2, 0.25) is 0 Å². The van der Waals surface area contributed by atoms with Gasteiger partial charge >= 0.3 is 0 Å². The summed E-state index contributed by atoms with van der Waals surface area (Å²) in [6.45, 7) is 2.76. The molecule has 1 heterocycles. The Bertz CT molecular complexity index is 500. The summed E-state index contributed by atoms with van der Waals surface area (Å²) in [4.78, 5) is 14.4. The maximum atomic E-state index is 11.9. The molecule has 2 atom stereocenters. The van der Waals surface area contributed by atoms with Crippen LogP contribution >= 0.6 is 15.9 Å². The Morgan fingerprint density at radius 2 is 2.05 bits per heavy atom. The minimum Gasteiger partial charge on any atom is -0.368 e. The SMILES string of the molecule is CC(=O)c1ccc(Br)cc1N1CCCC2CCCC21. The van der Waals surface area contributed by atoms with Crippen LogP contribution in [0.1, 0.15) is 49.4 Å². The first-order valence-corrected chi connectivity index (χ1v) is 8.03. The van der Waals surface area contributed by atoms with Crippen LogP contribution in [0.25, 0.3) is 0 Å². The van der Waals surface area contributed by atoms with Gasteiger partial charge in [-0.1, -0.05) is 22.4 Å². The summed E-state index contributed by atoms with van der Waals surface area (Å²) >= 11 is 3.55. The first-order chi connectivity index (χ1) is 9.16. The van der Waals surface area contributed by atoms with Crippen LogP contribution in [-0.4, -0.2) is 18.4 Å². The molecule has 0 spiro atoms. The van der Waals surface area contributed by atoms with Gasteiger partial charge in [0.15, 0.2) is 5.78 Å². The van der Waals surface area contributed by atoms with Crippen molar-refractivity contribution in [3.8, 4) is 0 Å². The van der Waals surface area contributed by atoms with Gasteiger partial charge in [0.1, 0.15) is 0 Å². The minimum atomic E-state index is 0.169. The highest BCUT2D eigenvalue weighted by atomic mass is 79.9. The third-order valence-corrected chi connectivity index (χ3v) is 5.13. The summed E-state index contributed by atoms with van der Waals surface area (Å²) in [7, 11) is 0. The van der Waals surface area contributed by atoms with E-state index in [-0.39, 0.29) is 5.78 Å². The second-order valence-corrected chi connectivity index (χ2v) is 6.73. The van der Waals surface area contributed by atoms with Crippen LogP contribution in [-0.2, 0) is 0 Å². The first-order valence-electron chi connectivity index (χ1n) is 7.24. The van der Waals surface area contributed by atoms with Crippen molar-refractivity contribution in [1.29, 1.82) is 0 Å². The molecule has 2 nitrogen and oxygen atoms in total. The summed E-state index contributed by atoms with van der Waals surface area (Å²) in [6, 6.07) is 6.70. The summed E-state index contributed by atoms with van der Waals surface area (Å²) < 4.78 is 1.06. The molecule has 2 unspecified atom stereocenters. The molecule has 1 aliphatic heterocycles. The number of rotatable bonds is 2. The standard InChI is InChI=1S/C16H20BrNO/c1-11(19)14-8-7-13(17)10-16(14)18-9-3-5-12-4-2-6-15(12)18/h7-8,10,12,15H,2-6,9H2,1H3. The molecule has 1 aromatic rings. The van der Waals surface area contributed by atoms with Crippen molar-refractivity contribution in [3.05, 3.63) is 28.2 Å². The highest BCUT2D eigenvalue weighted by molar-refractivity contribution is 9.10. The third kappa shape index (κ3) is 2.45. The van der Waals surface area contributed by atoms with Crippen molar-refractivity contribution in [2.45, 2.75) is 45.1 Å². The Morgan fingerprint density at radius 3 is 2.84 bits per heavy atom. The van der Waals surface area contributed by atoms with Crippen LogP contribution in [0.2, 0.25) is 0 Å². The van der Waals surface area contributed by atoms with Crippen molar-refractivity contribution in [2.75, 3.05) is 11.4 Å². The fraction of sp³-hybridized carbons (Fsp3) is 0.562.